The highest BCUT2D eigenvalue weighted by Crippen LogP contribution is 2.28. The van der Waals surface area contributed by atoms with Gasteiger partial charge in [-0.15, -0.1) is 11.3 Å². The van der Waals surface area contributed by atoms with E-state index >= 15 is 0 Å². The molecule has 1 atom stereocenters. The Labute approximate surface area is 137 Å². The number of carboxylic acids is 1. The Kier molecular flexibility index (Phi) is 5.13. The number of benzene rings is 1. The number of carboxylic acid groups (broad SMARTS) is 1. The lowest BCUT2D eigenvalue weighted by molar-refractivity contribution is -0.139. The van der Waals surface area contributed by atoms with Gasteiger partial charge in [0.25, 0.3) is 5.91 Å². The smallest absolute Gasteiger partial charge is 0.330 e. The van der Waals surface area contributed by atoms with Crippen LogP contribution >= 0.6 is 11.3 Å². The van der Waals surface area contributed by atoms with Crippen molar-refractivity contribution in [2.24, 2.45) is 0 Å². The third-order valence-electron chi connectivity index (χ3n) is 3.04. The molecular formula is C16H16N2O4S. The van der Waals surface area contributed by atoms with Crippen molar-refractivity contribution in [3.05, 3.63) is 52.4 Å². The van der Waals surface area contributed by atoms with E-state index in [4.69, 9.17) is 0 Å². The Morgan fingerprint density at radius 1 is 1.17 bits per heavy atom. The van der Waals surface area contributed by atoms with Crippen molar-refractivity contribution in [1.29, 1.82) is 0 Å². The summed E-state index contributed by atoms with van der Waals surface area (Å²) in [6.45, 7) is 3.15. The fourth-order valence-corrected chi connectivity index (χ4v) is 3.03. The second-order valence-electron chi connectivity index (χ2n) is 4.94. The minimum atomic E-state index is -1.16. The first kappa shape index (κ1) is 16.7. The van der Waals surface area contributed by atoms with Crippen molar-refractivity contribution >= 4 is 34.1 Å². The summed E-state index contributed by atoms with van der Waals surface area (Å²) in [4.78, 5) is 35.9. The van der Waals surface area contributed by atoms with E-state index in [2.05, 4.69) is 10.6 Å². The molecule has 1 heterocycles. The third kappa shape index (κ3) is 4.17. The van der Waals surface area contributed by atoms with Crippen LogP contribution in [0.1, 0.15) is 33.8 Å². The van der Waals surface area contributed by atoms with Gasteiger partial charge in [0.2, 0.25) is 5.91 Å². The average Bonchev–Trinajstić information content (AvgIpc) is 2.85. The van der Waals surface area contributed by atoms with Crippen molar-refractivity contribution in [2.45, 2.75) is 19.9 Å². The number of hydrogen-bond acceptors (Lipinski definition) is 4. The minimum Gasteiger partial charge on any atom is -0.479 e. The zero-order valence-corrected chi connectivity index (χ0v) is 13.4. The molecule has 1 aromatic heterocycles. The Bertz CT molecular complexity index is 740. The second-order valence-corrected chi connectivity index (χ2v) is 6.19. The summed E-state index contributed by atoms with van der Waals surface area (Å²) in [6, 6.07) is 8.90. The van der Waals surface area contributed by atoms with Gasteiger partial charge < -0.3 is 15.7 Å². The zero-order chi connectivity index (χ0) is 17.0. The topological polar surface area (TPSA) is 95.5 Å². The number of aliphatic carboxylic acids is 1. The molecule has 0 aliphatic heterocycles. The molecule has 7 heteroatoms. The Morgan fingerprint density at radius 2 is 1.83 bits per heavy atom. The molecule has 2 amide bonds. The van der Waals surface area contributed by atoms with Gasteiger partial charge in [-0.2, -0.15) is 0 Å². The monoisotopic (exact) mass is 332 g/mol. The van der Waals surface area contributed by atoms with Gasteiger partial charge in [-0.3, -0.25) is 9.59 Å². The summed E-state index contributed by atoms with van der Waals surface area (Å²) < 4.78 is 0. The fraction of sp³-hybridized carbons (Fsp3) is 0.188. The van der Waals surface area contributed by atoms with Crippen molar-refractivity contribution < 1.29 is 19.5 Å². The van der Waals surface area contributed by atoms with Crippen molar-refractivity contribution in [1.82, 2.24) is 5.32 Å². The van der Waals surface area contributed by atoms with Crippen LogP contribution in [0.25, 0.3) is 0 Å². The molecule has 0 saturated heterocycles. The van der Waals surface area contributed by atoms with E-state index in [-0.39, 0.29) is 11.5 Å². The fourth-order valence-electron chi connectivity index (χ4n) is 2.08. The van der Waals surface area contributed by atoms with Crippen LogP contribution in [0.4, 0.5) is 5.00 Å². The number of aryl methyl sites for hydroxylation is 1. The lowest BCUT2D eigenvalue weighted by Gasteiger charge is -2.15. The molecule has 0 saturated carbocycles. The summed E-state index contributed by atoms with van der Waals surface area (Å²) in [5.74, 6) is -1.99. The van der Waals surface area contributed by atoms with Gasteiger partial charge in [-0.25, -0.2) is 4.79 Å². The quantitative estimate of drug-likeness (QED) is 0.784. The number of anilines is 1. The SMILES string of the molecule is CC(=O)Nc1sc(C)cc1C(=O)NC(C(=O)O)c1ccccc1. The van der Waals surface area contributed by atoms with E-state index in [1.54, 1.807) is 43.3 Å². The third-order valence-corrected chi connectivity index (χ3v) is 4.01. The maximum absolute atomic E-state index is 12.4. The summed E-state index contributed by atoms with van der Waals surface area (Å²) in [5, 5.41) is 14.8. The molecule has 120 valence electrons. The Balaban J connectivity index is 2.26. The van der Waals surface area contributed by atoms with Crippen LogP contribution in [-0.4, -0.2) is 22.9 Å². The number of nitrogens with one attached hydrogen (secondary N) is 2. The van der Waals surface area contributed by atoms with Crippen molar-refractivity contribution in [3.63, 3.8) is 0 Å². The lowest BCUT2D eigenvalue weighted by Crippen LogP contribution is -2.34. The molecule has 0 aliphatic carbocycles. The zero-order valence-electron chi connectivity index (χ0n) is 12.6. The summed E-state index contributed by atoms with van der Waals surface area (Å²) in [5.41, 5.74) is 0.728. The van der Waals surface area contributed by atoms with Gasteiger partial charge in [0, 0.05) is 11.8 Å². The van der Waals surface area contributed by atoms with Crippen molar-refractivity contribution in [2.75, 3.05) is 5.32 Å². The highest BCUT2D eigenvalue weighted by Gasteiger charge is 2.24. The minimum absolute atomic E-state index is 0.255. The van der Waals surface area contributed by atoms with Gasteiger partial charge in [0.1, 0.15) is 5.00 Å². The molecule has 0 fully saturated rings. The normalized spacial score (nSPS) is 11.6. The number of carbonyl (C=O) groups excluding carboxylic acids is 2. The summed E-state index contributed by atoms with van der Waals surface area (Å²) >= 11 is 1.26. The first-order valence-corrected chi connectivity index (χ1v) is 7.66. The van der Waals surface area contributed by atoms with Crippen LogP contribution in [0.5, 0.6) is 0 Å². The molecule has 2 rings (SSSR count). The van der Waals surface area contributed by atoms with E-state index in [1.165, 1.54) is 18.3 Å². The Hall–Kier alpha value is -2.67. The Morgan fingerprint density at radius 3 is 2.39 bits per heavy atom. The van der Waals surface area contributed by atoms with Crippen LogP contribution in [-0.2, 0) is 9.59 Å². The van der Waals surface area contributed by atoms with Crippen LogP contribution in [0, 0.1) is 6.92 Å². The van der Waals surface area contributed by atoms with E-state index < -0.39 is 17.9 Å². The van der Waals surface area contributed by atoms with Gasteiger partial charge in [0.05, 0.1) is 5.56 Å². The molecule has 0 bridgehead atoms. The van der Waals surface area contributed by atoms with Crippen molar-refractivity contribution in [3.8, 4) is 0 Å². The van der Waals surface area contributed by atoms with E-state index in [1.807, 2.05) is 0 Å². The van der Waals surface area contributed by atoms with E-state index in [0.717, 1.165) is 4.88 Å². The van der Waals surface area contributed by atoms with Crippen LogP contribution in [0.3, 0.4) is 0 Å². The average molecular weight is 332 g/mol. The predicted molar refractivity (Wildman–Crippen MR) is 87.6 cm³/mol. The van der Waals surface area contributed by atoms with Gasteiger partial charge >= 0.3 is 5.97 Å². The van der Waals surface area contributed by atoms with Crippen LogP contribution in [0.15, 0.2) is 36.4 Å². The van der Waals surface area contributed by atoms with E-state index in [0.29, 0.717) is 10.6 Å². The molecular weight excluding hydrogens is 316 g/mol. The second kappa shape index (κ2) is 7.06. The highest BCUT2D eigenvalue weighted by molar-refractivity contribution is 7.16. The number of rotatable bonds is 5. The molecule has 23 heavy (non-hydrogen) atoms. The number of amides is 2. The molecule has 0 spiro atoms. The molecule has 6 nitrogen and oxygen atoms in total. The lowest BCUT2D eigenvalue weighted by atomic mass is 10.1. The van der Waals surface area contributed by atoms with Gasteiger partial charge in [-0.05, 0) is 18.6 Å². The maximum atomic E-state index is 12.4. The van der Waals surface area contributed by atoms with Gasteiger partial charge in [-0.1, -0.05) is 30.3 Å². The molecule has 2 aromatic rings. The first-order chi connectivity index (χ1) is 10.9. The number of hydrogen-bond donors (Lipinski definition) is 3. The molecule has 1 unspecified atom stereocenters. The van der Waals surface area contributed by atoms with Crippen LogP contribution < -0.4 is 10.6 Å². The number of thiophene rings is 1. The summed E-state index contributed by atoms with van der Waals surface area (Å²) in [6.07, 6.45) is 0. The molecule has 0 radical (unpaired) electrons. The molecule has 3 N–H and O–H groups in total. The van der Waals surface area contributed by atoms with Gasteiger partial charge in [0.15, 0.2) is 6.04 Å². The van der Waals surface area contributed by atoms with Crippen LogP contribution in [0.2, 0.25) is 0 Å². The largest absolute Gasteiger partial charge is 0.479 e. The van der Waals surface area contributed by atoms with E-state index in [9.17, 15) is 19.5 Å². The predicted octanol–water partition coefficient (Wildman–Crippen LogP) is 2.57. The first-order valence-electron chi connectivity index (χ1n) is 6.85. The standard InChI is InChI=1S/C16H16N2O4S/c1-9-8-12(15(23-9)17-10(2)19)14(20)18-13(16(21)22)11-6-4-3-5-7-11/h3-8,13H,1-2H3,(H,17,19)(H,18,20)(H,21,22). The summed E-state index contributed by atoms with van der Waals surface area (Å²) in [7, 11) is 0. The number of carbonyl (C=O) groups is 3. The highest BCUT2D eigenvalue weighted by atomic mass is 32.1. The molecule has 1 aromatic carbocycles. The maximum Gasteiger partial charge on any atom is 0.330 e. The molecule has 0 aliphatic rings.